The molecule has 1 aliphatic rings. The molecular formula is C23H30IN5O. The monoisotopic (exact) mass is 519 g/mol. The smallest absolute Gasteiger partial charge is 0.191 e. The van der Waals surface area contributed by atoms with E-state index in [0.29, 0.717) is 6.54 Å². The molecule has 2 heterocycles. The predicted octanol–water partition coefficient (Wildman–Crippen LogP) is 4.58. The number of guanidine groups is 1. The molecule has 2 aromatic carbocycles. The lowest BCUT2D eigenvalue weighted by atomic mass is 9.90. The zero-order valence-electron chi connectivity index (χ0n) is 17.7. The van der Waals surface area contributed by atoms with Crippen LogP contribution in [0.15, 0.2) is 53.5 Å². The van der Waals surface area contributed by atoms with Gasteiger partial charge in [-0.05, 0) is 39.0 Å². The first-order valence-electron chi connectivity index (χ1n) is 10.3. The van der Waals surface area contributed by atoms with Gasteiger partial charge in [0.2, 0.25) is 0 Å². The van der Waals surface area contributed by atoms with Crippen molar-refractivity contribution in [1.29, 1.82) is 0 Å². The summed E-state index contributed by atoms with van der Waals surface area (Å²) in [4.78, 5) is 12.8. The average Bonchev–Trinajstić information content (AvgIpc) is 3.10. The minimum absolute atomic E-state index is 0. The van der Waals surface area contributed by atoms with Crippen molar-refractivity contribution in [3.05, 3.63) is 59.9 Å². The number of H-pyrrole nitrogens is 1. The van der Waals surface area contributed by atoms with Crippen molar-refractivity contribution in [3.8, 4) is 5.75 Å². The average molecular weight is 519 g/mol. The summed E-state index contributed by atoms with van der Waals surface area (Å²) in [7, 11) is 0. The van der Waals surface area contributed by atoms with E-state index in [2.05, 4.69) is 53.5 Å². The zero-order chi connectivity index (χ0) is 20.3. The molecule has 1 aromatic heterocycles. The summed E-state index contributed by atoms with van der Waals surface area (Å²) in [6, 6.07) is 16.5. The van der Waals surface area contributed by atoms with Gasteiger partial charge < -0.3 is 20.4 Å². The number of hydrogen-bond donors (Lipinski definition) is 3. The molecule has 0 fully saturated rings. The molecule has 160 valence electrons. The lowest BCUT2D eigenvalue weighted by Crippen LogP contribution is -2.45. The van der Waals surface area contributed by atoms with Gasteiger partial charge in [-0.25, -0.2) is 4.98 Å². The number of aliphatic imine (C=N–C) groups is 1. The molecule has 3 aromatic rings. The number of ether oxygens (including phenoxy) is 1. The molecule has 0 spiro atoms. The highest BCUT2D eigenvalue weighted by Gasteiger charge is 2.33. The first-order chi connectivity index (χ1) is 14.0. The summed E-state index contributed by atoms with van der Waals surface area (Å²) in [6.07, 6.45) is 1.64. The molecule has 6 nitrogen and oxygen atoms in total. The first kappa shape index (κ1) is 22.4. The number of aromatic amines is 1. The van der Waals surface area contributed by atoms with Gasteiger partial charge in [-0.3, -0.25) is 4.99 Å². The van der Waals surface area contributed by atoms with E-state index in [1.807, 2.05) is 36.4 Å². The van der Waals surface area contributed by atoms with Gasteiger partial charge in [0.25, 0.3) is 0 Å². The van der Waals surface area contributed by atoms with Crippen LogP contribution >= 0.6 is 24.0 Å². The highest BCUT2D eigenvalue weighted by Crippen LogP contribution is 2.39. The van der Waals surface area contributed by atoms with Crippen LogP contribution in [0.1, 0.15) is 44.6 Å². The number of fused-ring (bicyclic) bond motifs is 2. The highest BCUT2D eigenvalue weighted by atomic mass is 127. The normalized spacial score (nSPS) is 17.6. The molecule has 1 aliphatic heterocycles. The topological polar surface area (TPSA) is 74.3 Å². The fourth-order valence-electron chi connectivity index (χ4n) is 3.81. The minimum atomic E-state index is -0.225. The number of aromatic nitrogens is 2. The van der Waals surface area contributed by atoms with Gasteiger partial charge in [0, 0.05) is 31.5 Å². The van der Waals surface area contributed by atoms with Crippen molar-refractivity contribution in [2.75, 3.05) is 13.1 Å². The van der Waals surface area contributed by atoms with E-state index in [0.717, 1.165) is 48.0 Å². The predicted molar refractivity (Wildman–Crippen MR) is 133 cm³/mol. The Balaban J connectivity index is 0.00000256. The largest absolute Gasteiger partial charge is 0.487 e. The molecule has 0 amide bonds. The maximum atomic E-state index is 6.15. The van der Waals surface area contributed by atoms with E-state index in [4.69, 9.17) is 9.73 Å². The molecule has 1 unspecified atom stereocenters. The van der Waals surface area contributed by atoms with Gasteiger partial charge in [0.1, 0.15) is 17.2 Å². The number of nitrogens with zero attached hydrogens (tertiary/aromatic N) is 2. The minimum Gasteiger partial charge on any atom is -0.487 e. The van der Waals surface area contributed by atoms with Crippen LogP contribution in [0.5, 0.6) is 5.75 Å². The number of imidazole rings is 1. The summed E-state index contributed by atoms with van der Waals surface area (Å²) < 4.78 is 6.15. The highest BCUT2D eigenvalue weighted by molar-refractivity contribution is 14.0. The number of para-hydroxylation sites is 3. The lowest BCUT2D eigenvalue weighted by molar-refractivity contribution is 0.0694. The van der Waals surface area contributed by atoms with Crippen molar-refractivity contribution in [2.45, 2.75) is 45.3 Å². The van der Waals surface area contributed by atoms with Crippen LogP contribution < -0.4 is 15.4 Å². The Kier molecular flexibility index (Phi) is 7.23. The maximum Gasteiger partial charge on any atom is 0.191 e. The number of halogens is 1. The van der Waals surface area contributed by atoms with Crippen LogP contribution in [0.2, 0.25) is 0 Å². The molecule has 0 bridgehead atoms. The van der Waals surface area contributed by atoms with E-state index >= 15 is 0 Å². The van der Waals surface area contributed by atoms with Crippen LogP contribution in [0.4, 0.5) is 0 Å². The van der Waals surface area contributed by atoms with Crippen molar-refractivity contribution in [3.63, 3.8) is 0 Å². The number of rotatable bonds is 5. The van der Waals surface area contributed by atoms with E-state index in [1.54, 1.807) is 0 Å². The van der Waals surface area contributed by atoms with Crippen molar-refractivity contribution in [2.24, 2.45) is 4.99 Å². The van der Waals surface area contributed by atoms with Crippen molar-refractivity contribution in [1.82, 2.24) is 20.6 Å². The lowest BCUT2D eigenvalue weighted by Gasteiger charge is -2.38. The maximum absolute atomic E-state index is 6.15. The van der Waals surface area contributed by atoms with Gasteiger partial charge in [0.15, 0.2) is 5.96 Å². The summed E-state index contributed by atoms with van der Waals surface area (Å²) in [5, 5.41) is 6.98. The number of nitrogens with one attached hydrogen (secondary N) is 3. The molecule has 0 aliphatic carbocycles. The third-order valence-corrected chi connectivity index (χ3v) is 5.09. The Hall–Kier alpha value is -2.29. The second kappa shape index (κ2) is 9.68. The van der Waals surface area contributed by atoms with Crippen LogP contribution in [-0.4, -0.2) is 34.6 Å². The van der Waals surface area contributed by atoms with Gasteiger partial charge >= 0.3 is 0 Å². The molecule has 0 saturated carbocycles. The second-order valence-corrected chi connectivity index (χ2v) is 8.01. The summed E-state index contributed by atoms with van der Waals surface area (Å²) >= 11 is 0. The molecular weight excluding hydrogens is 489 g/mol. The molecule has 1 atom stereocenters. The van der Waals surface area contributed by atoms with Crippen LogP contribution in [0.3, 0.4) is 0 Å². The van der Waals surface area contributed by atoms with Gasteiger partial charge in [0.05, 0.1) is 17.1 Å². The Labute approximate surface area is 194 Å². The molecule has 0 radical (unpaired) electrons. The Bertz CT molecular complexity index is 981. The SMILES string of the molecule is CCNC(=NCCc1nc2ccccc2[nH]1)NC1CC(C)(C)Oc2ccccc21.I. The Morgan fingerprint density at radius 2 is 1.97 bits per heavy atom. The molecule has 0 saturated heterocycles. The van der Waals surface area contributed by atoms with Gasteiger partial charge in [-0.2, -0.15) is 0 Å². The first-order valence-corrected chi connectivity index (χ1v) is 10.3. The second-order valence-electron chi connectivity index (χ2n) is 8.01. The number of hydrogen-bond acceptors (Lipinski definition) is 3. The fraction of sp³-hybridized carbons (Fsp3) is 0.391. The standard InChI is InChI=1S/C23H29N5O.HI/c1-4-24-22(25-14-13-21-26-17-10-6-7-11-18(17)27-21)28-19-15-23(2,3)29-20-12-8-5-9-16(19)20;/h5-12,19H,4,13-15H2,1-3H3,(H,26,27)(H2,24,25,28);1H. The number of benzene rings is 2. The van der Waals surface area contributed by atoms with Crippen LogP contribution in [-0.2, 0) is 6.42 Å². The third-order valence-electron chi connectivity index (χ3n) is 5.09. The Morgan fingerprint density at radius 1 is 1.20 bits per heavy atom. The van der Waals surface area contributed by atoms with E-state index in [1.165, 1.54) is 5.56 Å². The van der Waals surface area contributed by atoms with Gasteiger partial charge in [-0.1, -0.05) is 30.3 Å². The quantitative estimate of drug-likeness (QED) is 0.262. The summed E-state index contributed by atoms with van der Waals surface area (Å²) in [5.41, 5.74) is 3.02. The molecule has 3 N–H and O–H groups in total. The van der Waals surface area contributed by atoms with E-state index in [-0.39, 0.29) is 35.6 Å². The van der Waals surface area contributed by atoms with Crippen molar-refractivity contribution >= 4 is 41.0 Å². The Morgan fingerprint density at radius 3 is 2.77 bits per heavy atom. The molecule has 7 heteroatoms. The molecule has 30 heavy (non-hydrogen) atoms. The van der Waals surface area contributed by atoms with Gasteiger partial charge in [-0.15, -0.1) is 24.0 Å². The van der Waals surface area contributed by atoms with Crippen LogP contribution in [0.25, 0.3) is 11.0 Å². The third kappa shape index (κ3) is 5.24. The van der Waals surface area contributed by atoms with E-state index in [9.17, 15) is 0 Å². The summed E-state index contributed by atoms with van der Waals surface area (Å²) in [6.45, 7) is 7.80. The van der Waals surface area contributed by atoms with Crippen LogP contribution in [0, 0.1) is 0 Å². The molecule has 4 rings (SSSR count). The zero-order valence-corrected chi connectivity index (χ0v) is 20.1. The fourth-order valence-corrected chi connectivity index (χ4v) is 3.81. The summed E-state index contributed by atoms with van der Waals surface area (Å²) in [5.74, 6) is 2.73. The van der Waals surface area contributed by atoms with Crippen molar-refractivity contribution < 1.29 is 4.74 Å². The van der Waals surface area contributed by atoms with E-state index < -0.39 is 0 Å².